The lowest BCUT2D eigenvalue weighted by Gasteiger charge is -2.23. The molecule has 0 radical (unpaired) electrons. The molecule has 60 valence electrons. The number of rotatable bonds is 0. The Balaban J connectivity index is 2.30. The summed E-state index contributed by atoms with van der Waals surface area (Å²) < 4.78 is 0. The monoisotopic (exact) mass is 158 g/mol. The van der Waals surface area contributed by atoms with E-state index in [1.165, 1.54) is 32.1 Å². The van der Waals surface area contributed by atoms with Crippen molar-refractivity contribution in [1.82, 2.24) is 0 Å². The summed E-state index contributed by atoms with van der Waals surface area (Å²) >= 11 is 0. The number of hydrogen-bond donors (Lipinski definition) is 2. The molecule has 0 unspecified atom stereocenters. The lowest BCUT2D eigenvalue weighted by atomic mass is 10.2. The highest BCUT2D eigenvalue weighted by atomic mass is 28.3. The van der Waals surface area contributed by atoms with E-state index in [-0.39, 0.29) is 0 Å². The first-order valence-corrected chi connectivity index (χ1v) is 6.85. The van der Waals surface area contributed by atoms with Crippen molar-refractivity contribution < 1.29 is 0 Å². The van der Waals surface area contributed by atoms with E-state index in [4.69, 9.17) is 10.8 Å². The third kappa shape index (κ3) is 2.81. The Kier molecular flexibility index (Phi) is 2.89. The predicted molar refractivity (Wildman–Crippen MR) is 46.8 cm³/mol. The molecule has 1 aliphatic heterocycles. The van der Waals surface area contributed by atoms with Crippen molar-refractivity contribution in [2.24, 2.45) is 10.8 Å². The van der Waals surface area contributed by atoms with E-state index >= 15 is 0 Å². The van der Waals surface area contributed by atoms with Crippen molar-refractivity contribution in [3.8, 4) is 0 Å². The molecule has 0 aromatic carbocycles. The van der Waals surface area contributed by atoms with Crippen LogP contribution < -0.4 is 10.8 Å². The zero-order valence-electron chi connectivity index (χ0n) is 6.60. The Morgan fingerprint density at radius 1 is 0.700 bits per heavy atom. The molecule has 2 nitrogen and oxygen atoms in total. The number of hydrogen-bond acceptors (Lipinski definition) is 2. The van der Waals surface area contributed by atoms with Crippen LogP contribution in [0.5, 0.6) is 0 Å². The summed E-state index contributed by atoms with van der Waals surface area (Å²) in [6.45, 7) is 0. The summed E-state index contributed by atoms with van der Waals surface area (Å²) in [4.78, 5) is 0. The molecule has 10 heavy (non-hydrogen) atoms. The minimum Gasteiger partial charge on any atom is -0.339 e. The molecule has 0 aromatic heterocycles. The van der Waals surface area contributed by atoms with Gasteiger partial charge in [-0.05, 0) is 12.1 Å². The van der Waals surface area contributed by atoms with Gasteiger partial charge in [-0.25, -0.2) is 0 Å². The van der Waals surface area contributed by atoms with E-state index in [2.05, 4.69) is 0 Å². The largest absolute Gasteiger partial charge is 0.339 e. The quantitative estimate of drug-likeness (QED) is 0.522. The van der Waals surface area contributed by atoms with Crippen LogP contribution in [0.25, 0.3) is 0 Å². The zero-order valence-corrected chi connectivity index (χ0v) is 7.60. The summed E-state index contributed by atoms with van der Waals surface area (Å²) in [5.74, 6) is 0. The summed E-state index contributed by atoms with van der Waals surface area (Å²) in [5, 5.41) is 11.9. The molecule has 0 aromatic rings. The molecule has 1 fully saturated rings. The topological polar surface area (TPSA) is 52.0 Å². The van der Waals surface area contributed by atoms with Gasteiger partial charge >= 0.3 is 0 Å². The van der Waals surface area contributed by atoms with Gasteiger partial charge in [0.1, 0.15) is 0 Å². The summed E-state index contributed by atoms with van der Waals surface area (Å²) in [6, 6.07) is 2.29. The fourth-order valence-electron chi connectivity index (χ4n) is 1.56. The van der Waals surface area contributed by atoms with Crippen LogP contribution in [0.1, 0.15) is 32.1 Å². The normalized spacial score (nSPS) is 27.0. The van der Waals surface area contributed by atoms with Crippen molar-refractivity contribution >= 4 is 8.40 Å². The maximum Gasteiger partial charge on any atom is 0.196 e. The fourth-order valence-corrected chi connectivity index (χ4v) is 3.63. The van der Waals surface area contributed by atoms with Crippen molar-refractivity contribution in [3.63, 3.8) is 0 Å². The van der Waals surface area contributed by atoms with Crippen molar-refractivity contribution in [2.45, 2.75) is 44.2 Å². The smallest absolute Gasteiger partial charge is 0.196 e. The van der Waals surface area contributed by atoms with Crippen LogP contribution in [-0.4, -0.2) is 8.40 Å². The van der Waals surface area contributed by atoms with E-state index in [1.54, 1.807) is 0 Å². The summed E-state index contributed by atoms with van der Waals surface area (Å²) in [5.41, 5.74) is 0. The second kappa shape index (κ2) is 3.51. The van der Waals surface area contributed by atoms with Crippen molar-refractivity contribution in [2.75, 3.05) is 0 Å². The van der Waals surface area contributed by atoms with Crippen LogP contribution in [0.15, 0.2) is 0 Å². The van der Waals surface area contributed by atoms with Gasteiger partial charge in [-0.15, -0.1) is 0 Å². The first kappa shape index (κ1) is 8.24. The Bertz CT molecular complexity index is 93.8. The van der Waals surface area contributed by atoms with E-state index in [0.717, 1.165) is 12.1 Å². The fraction of sp³-hybridized carbons (Fsp3) is 1.00. The average molecular weight is 158 g/mol. The minimum atomic E-state index is -1.67. The number of nitrogens with two attached hydrogens (primary N) is 2. The Morgan fingerprint density at radius 3 is 1.60 bits per heavy atom. The van der Waals surface area contributed by atoms with E-state index in [1.807, 2.05) is 0 Å². The first-order chi connectivity index (χ1) is 4.71. The molecule has 0 bridgehead atoms. The average Bonchev–Trinajstić information content (AvgIpc) is 1.81. The highest BCUT2D eigenvalue weighted by molar-refractivity contribution is 6.73. The van der Waals surface area contributed by atoms with Gasteiger partial charge in [-0.3, -0.25) is 0 Å². The van der Waals surface area contributed by atoms with Crippen LogP contribution >= 0.6 is 0 Å². The van der Waals surface area contributed by atoms with Gasteiger partial charge in [0.2, 0.25) is 0 Å². The molecule has 0 aliphatic carbocycles. The van der Waals surface area contributed by atoms with Gasteiger partial charge in [0, 0.05) is 0 Å². The molecule has 1 aliphatic rings. The Hall–Kier alpha value is 0.137. The predicted octanol–water partition coefficient (Wildman–Crippen LogP) is 1.31. The van der Waals surface area contributed by atoms with Crippen molar-refractivity contribution in [3.05, 3.63) is 0 Å². The van der Waals surface area contributed by atoms with E-state index < -0.39 is 8.40 Å². The van der Waals surface area contributed by atoms with Gasteiger partial charge < -0.3 is 10.8 Å². The third-order valence-corrected chi connectivity index (χ3v) is 4.85. The maximum atomic E-state index is 5.96. The van der Waals surface area contributed by atoms with Gasteiger partial charge in [0.25, 0.3) is 0 Å². The zero-order chi connectivity index (χ0) is 7.45. The second-order valence-electron chi connectivity index (χ2n) is 3.50. The van der Waals surface area contributed by atoms with Crippen LogP contribution in [0.4, 0.5) is 0 Å². The lowest BCUT2D eigenvalue weighted by Crippen LogP contribution is -2.55. The van der Waals surface area contributed by atoms with Crippen LogP contribution in [0.3, 0.4) is 0 Å². The molecule has 3 heteroatoms. The van der Waals surface area contributed by atoms with E-state index in [9.17, 15) is 0 Å². The van der Waals surface area contributed by atoms with Gasteiger partial charge in [0.15, 0.2) is 8.40 Å². The van der Waals surface area contributed by atoms with E-state index in [0.29, 0.717) is 0 Å². The first-order valence-electron chi connectivity index (χ1n) is 4.28. The highest BCUT2D eigenvalue weighted by Gasteiger charge is 2.23. The molecule has 1 rings (SSSR count). The van der Waals surface area contributed by atoms with Crippen LogP contribution in [0.2, 0.25) is 12.1 Å². The third-order valence-electron chi connectivity index (χ3n) is 2.28. The molecule has 4 N–H and O–H groups in total. The molecular weight excluding hydrogens is 140 g/mol. The van der Waals surface area contributed by atoms with Crippen LogP contribution in [-0.2, 0) is 0 Å². The molecule has 1 heterocycles. The minimum absolute atomic E-state index is 1.15. The molecule has 0 saturated carbocycles. The molecule has 1 saturated heterocycles. The van der Waals surface area contributed by atoms with Crippen LogP contribution in [0, 0.1) is 0 Å². The molecule has 0 spiro atoms. The van der Waals surface area contributed by atoms with Crippen molar-refractivity contribution in [1.29, 1.82) is 0 Å². The summed E-state index contributed by atoms with van der Waals surface area (Å²) in [7, 11) is -1.67. The highest BCUT2D eigenvalue weighted by Crippen LogP contribution is 2.18. The molecule has 0 atom stereocenters. The Labute approximate surface area is 64.1 Å². The molecular formula is C7H18N2Si. The lowest BCUT2D eigenvalue weighted by molar-refractivity contribution is 0.627. The summed E-state index contributed by atoms with van der Waals surface area (Å²) in [6.07, 6.45) is 6.65. The maximum absolute atomic E-state index is 5.96. The Morgan fingerprint density at radius 2 is 1.10 bits per heavy atom. The van der Waals surface area contributed by atoms with Gasteiger partial charge in [0.05, 0.1) is 0 Å². The SMILES string of the molecule is N[Si]1(N)CCCCCCC1. The van der Waals surface area contributed by atoms with Gasteiger partial charge in [-0.1, -0.05) is 32.1 Å². The molecule has 0 amide bonds. The van der Waals surface area contributed by atoms with Gasteiger partial charge in [-0.2, -0.15) is 0 Å². The standard InChI is InChI=1S/C7H18N2Si/c8-10(9)6-4-2-1-3-5-7-10/h1-9H2. The second-order valence-corrected chi connectivity index (χ2v) is 6.97.